The van der Waals surface area contributed by atoms with Crippen LogP contribution in [-0.4, -0.2) is 41.6 Å². The molecule has 0 radical (unpaired) electrons. The van der Waals surface area contributed by atoms with Gasteiger partial charge in [0.25, 0.3) is 0 Å². The molecule has 2 rings (SSSR count). The molecule has 7 heteroatoms. The maximum Gasteiger partial charge on any atom is 0.410 e. The summed E-state index contributed by atoms with van der Waals surface area (Å²) in [6.07, 6.45) is 5.18. The average Bonchev–Trinajstić information content (AvgIpc) is 3.01. The second-order valence-corrected chi connectivity index (χ2v) is 8.39. The minimum atomic E-state index is -0.539. The van der Waals surface area contributed by atoms with Crippen molar-refractivity contribution in [2.24, 2.45) is 0 Å². The highest BCUT2D eigenvalue weighted by Gasteiger charge is 2.30. The van der Waals surface area contributed by atoms with Crippen LogP contribution in [0.2, 0.25) is 0 Å². The Hall–Kier alpha value is -1.89. The molecule has 0 N–H and O–H groups in total. The number of anilines is 1. The van der Waals surface area contributed by atoms with Crippen molar-refractivity contribution in [2.45, 2.75) is 52.2 Å². The lowest BCUT2D eigenvalue weighted by Crippen LogP contribution is -2.39. The lowest BCUT2D eigenvalue weighted by Gasteiger charge is -2.27. The van der Waals surface area contributed by atoms with Crippen LogP contribution in [0.25, 0.3) is 0 Å². The standard InChI is InChI=1S/C20H26BrFN2O3/c1-14(25)23(18-13-15(22)9-10-17(18)21)11-5-7-16-8-6-12-24(16)19(26)27-20(2,3)4/h5,7,9-10,13,16H,6,8,11-12H2,1-4H3/t16-/m1/s1. The first-order chi connectivity index (χ1) is 12.6. The monoisotopic (exact) mass is 440 g/mol. The van der Waals surface area contributed by atoms with E-state index in [1.165, 1.54) is 24.0 Å². The fourth-order valence-corrected chi connectivity index (χ4v) is 3.41. The van der Waals surface area contributed by atoms with Gasteiger partial charge in [-0.05, 0) is 67.7 Å². The molecule has 2 amide bonds. The van der Waals surface area contributed by atoms with E-state index in [-0.39, 0.29) is 24.6 Å². The Bertz CT molecular complexity index is 730. The number of likely N-dealkylation sites (tertiary alicyclic amines) is 1. The SMILES string of the molecule is CC(=O)N(CC=C[C@@H]1CCCN1C(=O)OC(C)(C)C)c1cc(F)ccc1Br. The Labute approximate surface area is 168 Å². The summed E-state index contributed by atoms with van der Waals surface area (Å²) >= 11 is 3.36. The molecule has 0 bridgehead atoms. The van der Waals surface area contributed by atoms with E-state index in [2.05, 4.69) is 15.9 Å². The third kappa shape index (κ3) is 6.06. The van der Waals surface area contributed by atoms with E-state index >= 15 is 0 Å². The van der Waals surface area contributed by atoms with Crippen LogP contribution in [0.4, 0.5) is 14.9 Å². The van der Waals surface area contributed by atoms with Crippen molar-refractivity contribution in [3.8, 4) is 0 Å². The molecule has 0 unspecified atom stereocenters. The number of benzene rings is 1. The highest BCUT2D eigenvalue weighted by Crippen LogP contribution is 2.27. The van der Waals surface area contributed by atoms with Gasteiger partial charge in [0, 0.05) is 24.5 Å². The molecule has 1 heterocycles. The van der Waals surface area contributed by atoms with Gasteiger partial charge in [0.2, 0.25) is 5.91 Å². The molecule has 0 aliphatic carbocycles. The van der Waals surface area contributed by atoms with Crippen molar-refractivity contribution in [1.82, 2.24) is 4.90 Å². The highest BCUT2D eigenvalue weighted by molar-refractivity contribution is 9.10. The second kappa shape index (κ2) is 8.87. The minimum Gasteiger partial charge on any atom is -0.444 e. The van der Waals surface area contributed by atoms with Crippen LogP contribution in [0.15, 0.2) is 34.8 Å². The Balaban J connectivity index is 2.08. The Morgan fingerprint density at radius 2 is 2.11 bits per heavy atom. The number of carbonyl (C=O) groups excluding carboxylic acids is 2. The van der Waals surface area contributed by atoms with Crippen molar-refractivity contribution in [2.75, 3.05) is 18.0 Å². The number of rotatable bonds is 4. The molecule has 1 atom stereocenters. The van der Waals surface area contributed by atoms with Crippen LogP contribution in [0.1, 0.15) is 40.5 Å². The Morgan fingerprint density at radius 3 is 2.74 bits per heavy atom. The topological polar surface area (TPSA) is 49.9 Å². The summed E-state index contributed by atoms with van der Waals surface area (Å²) in [7, 11) is 0. The zero-order chi connectivity index (χ0) is 20.2. The largest absolute Gasteiger partial charge is 0.444 e. The summed E-state index contributed by atoms with van der Waals surface area (Å²) in [6, 6.07) is 4.16. The average molecular weight is 441 g/mol. The van der Waals surface area contributed by atoms with Gasteiger partial charge in [0.05, 0.1) is 11.7 Å². The summed E-state index contributed by atoms with van der Waals surface area (Å²) in [5.74, 6) is -0.600. The van der Waals surface area contributed by atoms with E-state index < -0.39 is 11.4 Å². The molecule has 1 aliphatic heterocycles. The van der Waals surface area contributed by atoms with Crippen molar-refractivity contribution in [3.63, 3.8) is 0 Å². The van der Waals surface area contributed by atoms with Gasteiger partial charge in [-0.1, -0.05) is 12.2 Å². The molecule has 27 heavy (non-hydrogen) atoms. The molecule has 1 aromatic rings. The lowest BCUT2D eigenvalue weighted by molar-refractivity contribution is -0.116. The molecular formula is C20H26BrFN2O3. The van der Waals surface area contributed by atoms with Gasteiger partial charge < -0.3 is 14.5 Å². The van der Waals surface area contributed by atoms with Gasteiger partial charge in [0.1, 0.15) is 11.4 Å². The van der Waals surface area contributed by atoms with Gasteiger partial charge in [-0.2, -0.15) is 0 Å². The maximum absolute atomic E-state index is 13.6. The van der Waals surface area contributed by atoms with E-state index in [1.54, 1.807) is 11.0 Å². The van der Waals surface area contributed by atoms with Crippen LogP contribution >= 0.6 is 15.9 Å². The first-order valence-corrected chi connectivity index (χ1v) is 9.77. The minimum absolute atomic E-state index is 0.0652. The van der Waals surface area contributed by atoms with Crippen molar-refractivity contribution >= 4 is 33.6 Å². The normalized spacial score (nSPS) is 17.4. The third-order valence-electron chi connectivity index (χ3n) is 4.15. The van der Waals surface area contributed by atoms with Crippen LogP contribution in [0.5, 0.6) is 0 Å². The number of halogens is 2. The Kier molecular flexibility index (Phi) is 7.03. The van der Waals surface area contributed by atoms with Crippen molar-refractivity contribution in [1.29, 1.82) is 0 Å². The van der Waals surface area contributed by atoms with Gasteiger partial charge in [-0.15, -0.1) is 0 Å². The number of nitrogens with zero attached hydrogens (tertiary/aromatic N) is 2. The first kappa shape index (κ1) is 21.4. The molecule has 0 saturated carbocycles. The lowest BCUT2D eigenvalue weighted by atomic mass is 10.2. The smallest absolute Gasteiger partial charge is 0.410 e. The van der Waals surface area contributed by atoms with Gasteiger partial charge in [-0.3, -0.25) is 4.79 Å². The molecule has 148 valence electrons. The summed E-state index contributed by atoms with van der Waals surface area (Å²) in [6.45, 7) is 7.90. The summed E-state index contributed by atoms with van der Waals surface area (Å²) in [5, 5.41) is 0. The number of amides is 2. The molecule has 1 aliphatic rings. The molecule has 0 aromatic heterocycles. The predicted molar refractivity (Wildman–Crippen MR) is 107 cm³/mol. The predicted octanol–water partition coefficient (Wildman–Crippen LogP) is 4.90. The van der Waals surface area contributed by atoms with Gasteiger partial charge in [-0.25, -0.2) is 9.18 Å². The first-order valence-electron chi connectivity index (χ1n) is 8.98. The highest BCUT2D eigenvalue weighted by atomic mass is 79.9. The van der Waals surface area contributed by atoms with E-state index in [4.69, 9.17) is 4.74 Å². The molecule has 1 fully saturated rings. The van der Waals surface area contributed by atoms with Gasteiger partial charge >= 0.3 is 6.09 Å². The molecule has 0 spiro atoms. The van der Waals surface area contributed by atoms with E-state index in [0.29, 0.717) is 16.7 Å². The quantitative estimate of drug-likeness (QED) is 0.625. The van der Waals surface area contributed by atoms with E-state index in [1.807, 2.05) is 32.9 Å². The fourth-order valence-electron chi connectivity index (χ4n) is 2.95. The van der Waals surface area contributed by atoms with Crippen LogP contribution in [-0.2, 0) is 9.53 Å². The summed E-state index contributed by atoms with van der Waals surface area (Å²) < 4.78 is 19.7. The van der Waals surface area contributed by atoms with Crippen LogP contribution < -0.4 is 4.90 Å². The maximum atomic E-state index is 13.6. The molecule has 5 nitrogen and oxygen atoms in total. The van der Waals surface area contributed by atoms with Crippen molar-refractivity contribution < 1.29 is 18.7 Å². The molecule has 1 aromatic carbocycles. The van der Waals surface area contributed by atoms with Crippen LogP contribution in [0, 0.1) is 5.82 Å². The molecule has 1 saturated heterocycles. The number of hydrogen-bond donors (Lipinski definition) is 0. The summed E-state index contributed by atoms with van der Waals surface area (Å²) in [5.41, 5.74) is -0.0641. The van der Waals surface area contributed by atoms with Gasteiger partial charge in [0.15, 0.2) is 0 Å². The Morgan fingerprint density at radius 1 is 1.41 bits per heavy atom. The third-order valence-corrected chi connectivity index (χ3v) is 4.82. The summed E-state index contributed by atoms with van der Waals surface area (Å²) in [4.78, 5) is 27.6. The van der Waals surface area contributed by atoms with E-state index in [9.17, 15) is 14.0 Å². The number of carbonyl (C=O) groups is 2. The molecular weight excluding hydrogens is 415 g/mol. The second-order valence-electron chi connectivity index (χ2n) is 7.54. The number of ether oxygens (including phenoxy) is 1. The number of hydrogen-bond acceptors (Lipinski definition) is 3. The van der Waals surface area contributed by atoms with Crippen molar-refractivity contribution in [3.05, 3.63) is 40.6 Å². The zero-order valence-electron chi connectivity index (χ0n) is 16.2. The fraction of sp³-hybridized carbons (Fsp3) is 0.500. The van der Waals surface area contributed by atoms with E-state index in [0.717, 1.165) is 12.8 Å². The zero-order valence-corrected chi connectivity index (χ0v) is 17.8. The van der Waals surface area contributed by atoms with Crippen LogP contribution in [0.3, 0.4) is 0 Å².